The number of halogens is 3. The quantitative estimate of drug-likeness (QED) is 0.864. The molecule has 3 nitrogen and oxygen atoms in total. The largest absolute Gasteiger partial charge is 0.337 e. The van der Waals surface area contributed by atoms with Crippen molar-refractivity contribution in [1.82, 2.24) is 10.2 Å². The molecule has 2 heterocycles. The molecule has 0 radical (unpaired) electrons. The first-order chi connectivity index (χ1) is 9.11. The minimum absolute atomic E-state index is 0. The van der Waals surface area contributed by atoms with Gasteiger partial charge in [0.25, 0.3) is 5.91 Å². The molecule has 3 rings (SSSR count). The van der Waals surface area contributed by atoms with E-state index in [-0.39, 0.29) is 23.9 Å². The molecule has 1 amide bonds. The Hall–Kier alpha value is -1.20. The predicted molar refractivity (Wildman–Crippen MR) is 74.1 cm³/mol. The third-order valence-corrected chi connectivity index (χ3v) is 3.92. The molecule has 110 valence electrons. The molecule has 2 bridgehead atoms. The van der Waals surface area contributed by atoms with Crippen molar-refractivity contribution in [3.05, 3.63) is 35.4 Å². The molecular weight excluding hydrogens is 286 g/mol. The zero-order valence-corrected chi connectivity index (χ0v) is 11.8. The van der Waals surface area contributed by atoms with Gasteiger partial charge in [0.05, 0.1) is 0 Å². The highest BCUT2D eigenvalue weighted by atomic mass is 35.5. The smallest absolute Gasteiger partial charge is 0.254 e. The number of amides is 1. The van der Waals surface area contributed by atoms with Crippen LogP contribution in [-0.4, -0.2) is 36.0 Å². The van der Waals surface area contributed by atoms with Gasteiger partial charge in [-0.05, 0) is 31.4 Å². The second-order valence-corrected chi connectivity index (χ2v) is 5.34. The monoisotopic (exact) mass is 302 g/mol. The van der Waals surface area contributed by atoms with Gasteiger partial charge in [0.15, 0.2) is 0 Å². The molecule has 0 saturated carbocycles. The lowest BCUT2D eigenvalue weighted by molar-refractivity contribution is 0.0747. The van der Waals surface area contributed by atoms with E-state index in [9.17, 15) is 13.6 Å². The van der Waals surface area contributed by atoms with E-state index in [1.54, 1.807) is 4.90 Å². The van der Waals surface area contributed by atoms with Crippen LogP contribution in [0.4, 0.5) is 8.78 Å². The Bertz CT molecular complexity index is 492. The van der Waals surface area contributed by atoms with Gasteiger partial charge in [0.1, 0.15) is 11.6 Å². The molecule has 0 aromatic heterocycles. The van der Waals surface area contributed by atoms with Gasteiger partial charge in [0.2, 0.25) is 0 Å². The summed E-state index contributed by atoms with van der Waals surface area (Å²) in [4.78, 5) is 14.0. The minimum Gasteiger partial charge on any atom is -0.337 e. The molecule has 6 heteroatoms. The molecule has 2 atom stereocenters. The topological polar surface area (TPSA) is 32.3 Å². The molecule has 1 N–H and O–H groups in total. The summed E-state index contributed by atoms with van der Waals surface area (Å²) in [6.45, 7) is 1.26. The third kappa shape index (κ3) is 3.10. The van der Waals surface area contributed by atoms with Crippen molar-refractivity contribution >= 4 is 18.3 Å². The van der Waals surface area contributed by atoms with E-state index in [0.717, 1.165) is 37.5 Å². The number of hydrogen-bond acceptors (Lipinski definition) is 2. The van der Waals surface area contributed by atoms with Crippen LogP contribution in [0, 0.1) is 11.6 Å². The zero-order chi connectivity index (χ0) is 13.4. The van der Waals surface area contributed by atoms with Crippen molar-refractivity contribution < 1.29 is 13.6 Å². The van der Waals surface area contributed by atoms with Crippen LogP contribution >= 0.6 is 12.4 Å². The fraction of sp³-hybridized carbons (Fsp3) is 0.500. The zero-order valence-electron chi connectivity index (χ0n) is 10.9. The van der Waals surface area contributed by atoms with Crippen LogP contribution in [0.2, 0.25) is 0 Å². The summed E-state index contributed by atoms with van der Waals surface area (Å²) in [5, 5.41) is 3.47. The second-order valence-electron chi connectivity index (χ2n) is 5.34. The standard InChI is InChI=1S/C14H16F2N2O.ClH/c15-10-5-9(6-11(16)7-10)14(19)18-4-3-12-1-2-13(8-18)17-12;/h5-7,12-13,17H,1-4,8H2;1H. The number of likely N-dealkylation sites (tertiary alicyclic amines) is 1. The van der Waals surface area contributed by atoms with Crippen molar-refractivity contribution in [1.29, 1.82) is 0 Å². The Morgan fingerprint density at radius 2 is 1.75 bits per heavy atom. The van der Waals surface area contributed by atoms with Crippen LogP contribution in [0.3, 0.4) is 0 Å². The molecule has 2 aliphatic heterocycles. The molecule has 20 heavy (non-hydrogen) atoms. The number of nitrogens with one attached hydrogen (secondary N) is 1. The second kappa shape index (κ2) is 6.06. The summed E-state index contributed by atoms with van der Waals surface area (Å²) in [5.41, 5.74) is 0.0928. The third-order valence-electron chi connectivity index (χ3n) is 3.92. The highest BCUT2D eigenvalue weighted by molar-refractivity contribution is 5.94. The van der Waals surface area contributed by atoms with Crippen LogP contribution < -0.4 is 5.32 Å². The highest BCUT2D eigenvalue weighted by Gasteiger charge is 2.31. The highest BCUT2D eigenvalue weighted by Crippen LogP contribution is 2.22. The van der Waals surface area contributed by atoms with E-state index in [1.165, 1.54) is 0 Å². The Kier molecular flexibility index (Phi) is 4.60. The first-order valence-electron chi connectivity index (χ1n) is 6.63. The van der Waals surface area contributed by atoms with E-state index in [0.29, 0.717) is 25.2 Å². The lowest BCUT2D eigenvalue weighted by Crippen LogP contribution is -2.39. The summed E-state index contributed by atoms with van der Waals surface area (Å²) in [6.07, 6.45) is 3.12. The summed E-state index contributed by atoms with van der Waals surface area (Å²) in [6, 6.07) is 3.77. The predicted octanol–water partition coefficient (Wildman–Crippen LogP) is 2.35. The van der Waals surface area contributed by atoms with Crippen molar-refractivity contribution in [3.8, 4) is 0 Å². The first kappa shape index (κ1) is 15.2. The summed E-state index contributed by atoms with van der Waals surface area (Å²) < 4.78 is 26.3. The molecule has 2 unspecified atom stereocenters. The molecule has 1 aromatic rings. The van der Waals surface area contributed by atoms with Crippen LogP contribution in [0.15, 0.2) is 18.2 Å². The van der Waals surface area contributed by atoms with Crippen LogP contribution in [-0.2, 0) is 0 Å². The van der Waals surface area contributed by atoms with Gasteiger partial charge in [-0.1, -0.05) is 0 Å². The molecule has 2 fully saturated rings. The molecule has 0 aliphatic carbocycles. The lowest BCUT2D eigenvalue weighted by Gasteiger charge is -2.24. The average molecular weight is 303 g/mol. The van der Waals surface area contributed by atoms with E-state index in [4.69, 9.17) is 0 Å². The number of benzene rings is 1. The van der Waals surface area contributed by atoms with E-state index >= 15 is 0 Å². The maximum atomic E-state index is 13.2. The van der Waals surface area contributed by atoms with Gasteiger partial charge in [-0.15, -0.1) is 12.4 Å². The van der Waals surface area contributed by atoms with Gasteiger partial charge in [-0.3, -0.25) is 4.79 Å². The molecule has 2 saturated heterocycles. The minimum atomic E-state index is -0.710. The number of rotatable bonds is 1. The molecule has 0 spiro atoms. The van der Waals surface area contributed by atoms with Crippen LogP contribution in [0.5, 0.6) is 0 Å². The van der Waals surface area contributed by atoms with Crippen molar-refractivity contribution in [2.75, 3.05) is 13.1 Å². The van der Waals surface area contributed by atoms with Gasteiger partial charge >= 0.3 is 0 Å². The van der Waals surface area contributed by atoms with Crippen molar-refractivity contribution in [3.63, 3.8) is 0 Å². The van der Waals surface area contributed by atoms with E-state index < -0.39 is 11.6 Å². The van der Waals surface area contributed by atoms with Gasteiger partial charge in [0, 0.05) is 36.8 Å². The SMILES string of the molecule is Cl.O=C(c1cc(F)cc(F)c1)N1CCC2CCC(C1)N2. The number of fused-ring (bicyclic) bond motifs is 2. The summed E-state index contributed by atoms with van der Waals surface area (Å²) >= 11 is 0. The fourth-order valence-electron chi connectivity index (χ4n) is 2.99. The summed E-state index contributed by atoms with van der Waals surface area (Å²) in [5.74, 6) is -1.71. The Morgan fingerprint density at radius 3 is 2.45 bits per heavy atom. The van der Waals surface area contributed by atoms with Crippen molar-refractivity contribution in [2.45, 2.75) is 31.3 Å². The van der Waals surface area contributed by atoms with Crippen LogP contribution in [0.25, 0.3) is 0 Å². The molecule has 1 aromatic carbocycles. The van der Waals surface area contributed by atoms with Crippen LogP contribution in [0.1, 0.15) is 29.6 Å². The van der Waals surface area contributed by atoms with E-state index in [1.807, 2.05) is 0 Å². The van der Waals surface area contributed by atoms with Crippen molar-refractivity contribution in [2.24, 2.45) is 0 Å². The number of hydrogen-bond donors (Lipinski definition) is 1. The summed E-state index contributed by atoms with van der Waals surface area (Å²) in [7, 11) is 0. The maximum Gasteiger partial charge on any atom is 0.254 e. The molecule has 2 aliphatic rings. The van der Waals surface area contributed by atoms with Gasteiger partial charge in [-0.25, -0.2) is 8.78 Å². The fourth-order valence-corrected chi connectivity index (χ4v) is 2.99. The van der Waals surface area contributed by atoms with Gasteiger partial charge < -0.3 is 10.2 Å². The Balaban J connectivity index is 0.00000147. The van der Waals surface area contributed by atoms with E-state index in [2.05, 4.69) is 5.32 Å². The number of carbonyl (C=O) groups is 1. The number of carbonyl (C=O) groups excluding carboxylic acids is 1. The maximum absolute atomic E-state index is 13.2. The number of nitrogens with zero attached hydrogens (tertiary/aromatic N) is 1. The Labute approximate surface area is 122 Å². The van der Waals surface area contributed by atoms with Gasteiger partial charge in [-0.2, -0.15) is 0 Å². The first-order valence-corrected chi connectivity index (χ1v) is 6.63. The Morgan fingerprint density at radius 1 is 1.10 bits per heavy atom. The molecular formula is C14H17ClF2N2O. The average Bonchev–Trinajstić information content (AvgIpc) is 2.67. The normalized spacial score (nSPS) is 25.0. The lowest BCUT2D eigenvalue weighted by atomic mass is 10.1.